The Morgan fingerprint density at radius 3 is 2.38 bits per heavy atom. The van der Waals surface area contributed by atoms with E-state index in [4.69, 9.17) is 4.74 Å². The molecule has 1 saturated heterocycles. The lowest BCUT2D eigenvalue weighted by atomic mass is 10.0. The van der Waals surface area contributed by atoms with Crippen molar-refractivity contribution < 1.29 is 13.9 Å². The smallest absolute Gasteiger partial charge is 0.322 e. The van der Waals surface area contributed by atoms with E-state index in [-0.39, 0.29) is 17.9 Å². The van der Waals surface area contributed by atoms with Gasteiger partial charge in [-0.2, -0.15) is 0 Å². The van der Waals surface area contributed by atoms with Crippen molar-refractivity contribution in [2.45, 2.75) is 39.3 Å². The summed E-state index contributed by atoms with van der Waals surface area (Å²) in [6.07, 6.45) is 1.73. The summed E-state index contributed by atoms with van der Waals surface area (Å²) in [5.74, 6) is 0.984. The summed E-state index contributed by atoms with van der Waals surface area (Å²) in [4.78, 5) is 17.3. The van der Waals surface area contributed by atoms with E-state index >= 15 is 0 Å². The first-order chi connectivity index (χ1) is 15.3. The number of carbonyl (C=O) groups is 1. The first kappa shape index (κ1) is 23.8. The summed E-state index contributed by atoms with van der Waals surface area (Å²) in [5.41, 5.74) is 2.33. The molecule has 1 fully saturated rings. The summed E-state index contributed by atoms with van der Waals surface area (Å²) < 4.78 is 19.1. The van der Waals surface area contributed by atoms with Crippen molar-refractivity contribution in [2.24, 2.45) is 5.92 Å². The molecule has 0 bridgehead atoms. The van der Waals surface area contributed by atoms with Crippen LogP contribution in [0, 0.1) is 11.7 Å². The molecule has 1 heterocycles. The fourth-order valence-corrected chi connectivity index (χ4v) is 3.77. The van der Waals surface area contributed by atoms with Gasteiger partial charge in [-0.05, 0) is 74.3 Å². The third kappa shape index (κ3) is 6.57. The molecule has 1 aliphatic heterocycles. The average Bonchev–Trinajstić information content (AvgIpc) is 2.79. The van der Waals surface area contributed by atoms with Crippen LogP contribution in [0.15, 0.2) is 55.1 Å². The highest BCUT2D eigenvalue weighted by atomic mass is 19.1. The second-order valence-corrected chi connectivity index (χ2v) is 8.87. The van der Waals surface area contributed by atoms with Crippen molar-refractivity contribution in [1.82, 2.24) is 15.1 Å². The molecule has 1 N–H and O–H groups in total. The molecule has 5 nitrogen and oxygen atoms in total. The Balaban J connectivity index is 1.68. The van der Waals surface area contributed by atoms with E-state index in [1.54, 1.807) is 17.0 Å². The number of piperidine rings is 1. The van der Waals surface area contributed by atoms with Crippen LogP contribution in [-0.2, 0) is 6.54 Å². The van der Waals surface area contributed by atoms with Gasteiger partial charge in [-0.25, -0.2) is 9.18 Å². The fraction of sp³-hybridized carbons (Fsp3) is 0.423. The molecule has 0 atom stereocenters. The van der Waals surface area contributed by atoms with Crippen LogP contribution in [0.2, 0.25) is 0 Å². The van der Waals surface area contributed by atoms with Gasteiger partial charge in [0.05, 0.1) is 6.61 Å². The minimum absolute atomic E-state index is 0.0514. The zero-order valence-electron chi connectivity index (χ0n) is 19.3. The molecule has 6 heteroatoms. The zero-order chi connectivity index (χ0) is 23.1. The normalized spacial score (nSPS) is 14.9. The SMILES string of the molecule is C=C(c1ccc(F)cc1)N(C(=O)NCc1ccc(OCC(C)C)cc1)C1CCN(C)CC1. The van der Waals surface area contributed by atoms with Gasteiger partial charge in [0.2, 0.25) is 0 Å². The number of nitrogens with one attached hydrogen (secondary N) is 1. The van der Waals surface area contributed by atoms with Gasteiger partial charge in [0.25, 0.3) is 0 Å². The van der Waals surface area contributed by atoms with Crippen LogP contribution in [0.1, 0.15) is 37.8 Å². The van der Waals surface area contributed by atoms with Gasteiger partial charge >= 0.3 is 6.03 Å². The van der Waals surface area contributed by atoms with Gasteiger partial charge in [-0.1, -0.05) is 44.7 Å². The van der Waals surface area contributed by atoms with Gasteiger partial charge in [0, 0.05) is 18.3 Å². The molecule has 3 rings (SSSR count). The van der Waals surface area contributed by atoms with Crippen LogP contribution in [-0.4, -0.2) is 48.6 Å². The first-order valence-corrected chi connectivity index (χ1v) is 11.3. The number of hydrogen-bond donors (Lipinski definition) is 1. The predicted octanol–water partition coefficient (Wildman–Crippen LogP) is 5.14. The molecule has 0 aromatic heterocycles. The van der Waals surface area contributed by atoms with Crippen LogP contribution in [0.4, 0.5) is 9.18 Å². The molecule has 2 aromatic carbocycles. The fourth-order valence-electron chi connectivity index (χ4n) is 3.77. The lowest BCUT2D eigenvalue weighted by molar-refractivity contribution is 0.164. The van der Waals surface area contributed by atoms with Crippen LogP contribution in [0.25, 0.3) is 5.70 Å². The van der Waals surface area contributed by atoms with Crippen molar-refractivity contribution in [3.63, 3.8) is 0 Å². The third-order valence-corrected chi connectivity index (χ3v) is 5.69. The second kappa shape index (κ2) is 11.1. The van der Waals surface area contributed by atoms with E-state index in [9.17, 15) is 9.18 Å². The van der Waals surface area contributed by atoms with E-state index in [1.807, 2.05) is 24.3 Å². The molecule has 0 unspecified atom stereocenters. The van der Waals surface area contributed by atoms with Crippen molar-refractivity contribution in [3.05, 3.63) is 72.1 Å². The zero-order valence-corrected chi connectivity index (χ0v) is 19.3. The number of hydrogen-bond acceptors (Lipinski definition) is 3. The van der Waals surface area contributed by atoms with E-state index in [2.05, 4.69) is 37.7 Å². The number of amides is 2. The Kier molecular flexibility index (Phi) is 8.28. The van der Waals surface area contributed by atoms with Crippen LogP contribution < -0.4 is 10.1 Å². The molecule has 172 valence electrons. The molecule has 2 amide bonds. The van der Waals surface area contributed by atoms with E-state index in [0.29, 0.717) is 24.8 Å². The molecule has 32 heavy (non-hydrogen) atoms. The number of rotatable bonds is 8. The summed E-state index contributed by atoms with van der Waals surface area (Å²) >= 11 is 0. The lowest BCUT2D eigenvalue weighted by Gasteiger charge is -2.38. The van der Waals surface area contributed by atoms with Gasteiger partial charge < -0.3 is 15.0 Å². The first-order valence-electron chi connectivity index (χ1n) is 11.3. The average molecular weight is 440 g/mol. The van der Waals surface area contributed by atoms with Gasteiger partial charge in [0.15, 0.2) is 0 Å². The minimum atomic E-state index is -0.308. The number of urea groups is 1. The van der Waals surface area contributed by atoms with E-state index in [0.717, 1.165) is 42.8 Å². The minimum Gasteiger partial charge on any atom is -0.493 e. The summed E-state index contributed by atoms with van der Waals surface area (Å²) in [5, 5.41) is 3.04. The van der Waals surface area contributed by atoms with E-state index < -0.39 is 0 Å². The Labute approximate surface area is 190 Å². The van der Waals surface area contributed by atoms with E-state index in [1.165, 1.54) is 12.1 Å². The van der Waals surface area contributed by atoms with Crippen molar-refractivity contribution in [3.8, 4) is 5.75 Å². The number of halogens is 1. The number of carbonyl (C=O) groups excluding carboxylic acids is 1. The summed E-state index contributed by atoms with van der Waals surface area (Å²) in [6, 6.07) is 13.8. The predicted molar refractivity (Wildman–Crippen MR) is 127 cm³/mol. The molecule has 0 spiro atoms. The van der Waals surface area contributed by atoms with Crippen molar-refractivity contribution in [2.75, 3.05) is 26.7 Å². The lowest BCUT2D eigenvalue weighted by Crippen LogP contribution is -2.48. The monoisotopic (exact) mass is 439 g/mol. The largest absolute Gasteiger partial charge is 0.493 e. The number of benzene rings is 2. The highest BCUT2D eigenvalue weighted by molar-refractivity contribution is 5.85. The summed E-state index contributed by atoms with van der Waals surface area (Å²) in [6.45, 7) is 11.3. The van der Waals surface area contributed by atoms with Gasteiger partial charge in [0.1, 0.15) is 11.6 Å². The maximum absolute atomic E-state index is 13.4. The molecular weight excluding hydrogens is 405 g/mol. The van der Waals surface area contributed by atoms with Gasteiger partial charge in [-0.15, -0.1) is 0 Å². The maximum atomic E-state index is 13.4. The highest BCUT2D eigenvalue weighted by Crippen LogP contribution is 2.26. The van der Waals surface area contributed by atoms with Crippen LogP contribution >= 0.6 is 0 Å². The Hall–Kier alpha value is -2.86. The quantitative estimate of drug-likeness (QED) is 0.620. The van der Waals surface area contributed by atoms with Crippen LogP contribution in [0.5, 0.6) is 5.75 Å². The maximum Gasteiger partial charge on any atom is 0.322 e. The molecule has 0 saturated carbocycles. The van der Waals surface area contributed by atoms with Crippen molar-refractivity contribution >= 4 is 11.7 Å². The third-order valence-electron chi connectivity index (χ3n) is 5.69. The Bertz CT molecular complexity index is 888. The molecule has 1 aliphatic rings. The van der Waals surface area contributed by atoms with Crippen LogP contribution in [0.3, 0.4) is 0 Å². The molecule has 0 radical (unpaired) electrons. The highest BCUT2D eigenvalue weighted by Gasteiger charge is 2.29. The second-order valence-electron chi connectivity index (χ2n) is 8.87. The number of nitrogens with zero attached hydrogens (tertiary/aromatic N) is 2. The molecule has 2 aromatic rings. The van der Waals surface area contributed by atoms with Gasteiger partial charge in [-0.3, -0.25) is 4.90 Å². The Morgan fingerprint density at radius 2 is 1.78 bits per heavy atom. The number of ether oxygens (including phenoxy) is 1. The topological polar surface area (TPSA) is 44.8 Å². The molecule has 0 aliphatic carbocycles. The standard InChI is InChI=1S/C26H34FN3O2/c1-19(2)18-32-25-11-5-21(6-12-25)17-28-26(31)30(24-13-15-29(4)16-14-24)20(3)22-7-9-23(27)10-8-22/h5-12,19,24H,3,13-18H2,1-2,4H3,(H,28,31). The number of likely N-dealkylation sites (tertiary alicyclic amines) is 1. The Morgan fingerprint density at radius 1 is 1.16 bits per heavy atom. The molecular formula is C26H34FN3O2. The summed E-state index contributed by atoms with van der Waals surface area (Å²) in [7, 11) is 2.09. The van der Waals surface area contributed by atoms with Crippen molar-refractivity contribution in [1.29, 1.82) is 0 Å².